The summed E-state index contributed by atoms with van der Waals surface area (Å²) >= 11 is 7.66. The van der Waals surface area contributed by atoms with Crippen LogP contribution in [0, 0.1) is 0 Å². The molecule has 0 N–H and O–H groups in total. The monoisotopic (exact) mass is 376 g/mol. The average Bonchev–Trinajstić information content (AvgIpc) is 2.85. The number of benzene rings is 1. The van der Waals surface area contributed by atoms with Gasteiger partial charge < -0.3 is 4.90 Å². The van der Waals surface area contributed by atoms with Gasteiger partial charge >= 0.3 is 0 Å². The molecule has 1 saturated carbocycles. The fourth-order valence-electron chi connectivity index (χ4n) is 3.46. The van der Waals surface area contributed by atoms with E-state index in [-0.39, 0.29) is 5.91 Å². The van der Waals surface area contributed by atoms with Crippen molar-refractivity contribution in [2.75, 3.05) is 7.05 Å². The van der Waals surface area contributed by atoms with E-state index < -0.39 is 0 Å². The number of halogens is 1. The molecule has 3 nitrogen and oxygen atoms in total. The zero-order valence-corrected chi connectivity index (χ0v) is 16.3. The third-order valence-electron chi connectivity index (χ3n) is 4.94. The predicted octanol–water partition coefficient (Wildman–Crippen LogP) is 5.11. The molecule has 0 atom stereocenters. The Kier molecular flexibility index (Phi) is 6.49. The first-order valence-electron chi connectivity index (χ1n) is 9.05. The van der Waals surface area contributed by atoms with Gasteiger partial charge in [-0.2, -0.15) is 0 Å². The molecule has 1 aromatic carbocycles. The second kappa shape index (κ2) is 8.81. The van der Waals surface area contributed by atoms with Gasteiger partial charge in [-0.15, -0.1) is 11.3 Å². The molecule has 1 amide bonds. The molecule has 0 radical (unpaired) electrons. The van der Waals surface area contributed by atoms with E-state index >= 15 is 0 Å². The molecule has 0 aliphatic heterocycles. The fourth-order valence-corrected chi connectivity index (χ4v) is 4.50. The summed E-state index contributed by atoms with van der Waals surface area (Å²) in [6, 6.07) is 8.25. The first-order chi connectivity index (χ1) is 12.1. The van der Waals surface area contributed by atoms with Crippen molar-refractivity contribution in [1.82, 2.24) is 9.88 Å². The number of rotatable bonds is 5. The number of carbonyl (C=O) groups excluding carboxylic acids is 1. The van der Waals surface area contributed by atoms with Crippen LogP contribution in [-0.2, 0) is 17.6 Å². The minimum atomic E-state index is 0.187. The Morgan fingerprint density at radius 1 is 1.28 bits per heavy atom. The summed E-state index contributed by atoms with van der Waals surface area (Å²) in [5.41, 5.74) is 2.03. The summed E-state index contributed by atoms with van der Waals surface area (Å²) in [4.78, 5) is 19.2. The maximum Gasteiger partial charge on any atom is 0.228 e. The molecule has 25 heavy (non-hydrogen) atoms. The number of thiazole rings is 1. The second-order valence-electron chi connectivity index (χ2n) is 6.87. The van der Waals surface area contributed by atoms with Gasteiger partial charge in [0.2, 0.25) is 5.91 Å². The number of likely N-dealkylation sites (N-methyl/N-ethyl adjacent to an activating group) is 1. The maximum atomic E-state index is 12.6. The van der Waals surface area contributed by atoms with E-state index in [0.717, 1.165) is 40.6 Å². The summed E-state index contributed by atoms with van der Waals surface area (Å²) in [6.07, 6.45) is 8.52. The van der Waals surface area contributed by atoms with E-state index in [4.69, 9.17) is 11.6 Å². The Bertz CT molecular complexity index is 707. The maximum absolute atomic E-state index is 12.6. The number of hydrogen-bond donors (Lipinski definition) is 0. The van der Waals surface area contributed by atoms with Crippen LogP contribution >= 0.6 is 22.9 Å². The molecule has 134 valence electrons. The lowest BCUT2D eigenvalue weighted by Gasteiger charge is -2.27. The Morgan fingerprint density at radius 3 is 2.76 bits per heavy atom. The molecule has 1 heterocycles. The van der Waals surface area contributed by atoms with Gasteiger partial charge in [-0.05, 0) is 30.5 Å². The van der Waals surface area contributed by atoms with Crippen molar-refractivity contribution in [1.29, 1.82) is 0 Å². The van der Waals surface area contributed by atoms with Gasteiger partial charge in [-0.25, -0.2) is 4.98 Å². The van der Waals surface area contributed by atoms with E-state index in [2.05, 4.69) is 11.1 Å². The van der Waals surface area contributed by atoms with Gasteiger partial charge in [-0.1, -0.05) is 49.4 Å². The highest BCUT2D eigenvalue weighted by Gasteiger charge is 2.21. The standard InChI is InChI=1S/C20H25ClN2OS/c1-23(18-9-4-2-3-5-10-18)20(24)13-17-14-25-19(22-17)12-15-7-6-8-16(21)11-15/h6-8,11,14,18H,2-5,9-10,12-13H2,1H3. The largest absolute Gasteiger partial charge is 0.342 e. The van der Waals surface area contributed by atoms with Crippen LogP contribution in [0.15, 0.2) is 29.6 Å². The molecule has 1 aromatic heterocycles. The summed E-state index contributed by atoms with van der Waals surface area (Å²) in [6.45, 7) is 0. The smallest absolute Gasteiger partial charge is 0.228 e. The second-order valence-corrected chi connectivity index (χ2v) is 8.25. The van der Waals surface area contributed by atoms with Gasteiger partial charge in [-0.3, -0.25) is 4.79 Å². The molecule has 0 bridgehead atoms. The predicted molar refractivity (Wildman–Crippen MR) is 104 cm³/mol. The average molecular weight is 377 g/mol. The van der Waals surface area contributed by atoms with E-state index in [1.54, 1.807) is 11.3 Å². The van der Waals surface area contributed by atoms with Crippen LogP contribution in [0.3, 0.4) is 0 Å². The van der Waals surface area contributed by atoms with Crippen molar-refractivity contribution in [2.24, 2.45) is 0 Å². The summed E-state index contributed by atoms with van der Waals surface area (Å²) in [5.74, 6) is 0.187. The van der Waals surface area contributed by atoms with Crippen molar-refractivity contribution in [2.45, 2.75) is 57.4 Å². The minimum Gasteiger partial charge on any atom is -0.342 e. The van der Waals surface area contributed by atoms with Crippen LogP contribution in [0.2, 0.25) is 5.02 Å². The zero-order valence-electron chi connectivity index (χ0n) is 14.7. The van der Waals surface area contributed by atoms with E-state index in [0.29, 0.717) is 12.5 Å². The Morgan fingerprint density at radius 2 is 2.04 bits per heavy atom. The van der Waals surface area contributed by atoms with Crippen molar-refractivity contribution >= 4 is 28.8 Å². The molecule has 0 unspecified atom stereocenters. The zero-order chi connectivity index (χ0) is 17.6. The van der Waals surface area contributed by atoms with Crippen LogP contribution in [0.5, 0.6) is 0 Å². The van der Waals surface area contributed by atoms with Crippen LogP contribution in [-0.4, -0.2) is 28.9 Å². The molecule has 2 aromatic rings. The molecule has 1 aliphatic carbocycles. The molecular weight excluding hydrogens is 352 g/mol. The highest BCUT2D eigenvalue weighted by atomic mass is 35.5. The van der Waals surface area contributed by atoms with Gasteiger partial charge in [0.05, 0.1) is 17.1 Å². The molecule has 5 heteroatoms. The lowest BCUT2D eigenvalue weighted by Crippen LogP contribution is -2.37. The van der Waals surface area contributed by atoms with Crippen LogP contribution in [0.4, 0.5) is 0 Å². The quantitative estimate of drug-likeness (QED) is 0.679. The first-order valence-corrected chi connectivity index (χ1v) is 10.3. The number of nitrogens with zero attached hydrogens (tertiary/aromatic N) is 2. The normalized spacial score (nSPS) is 15.8. The van der Waals surface area contributed by atoms with E-state index in [9.17, 15) is 4.79 Å². The molecule has 0 saturated heterocycles. The number of amides is 1. The first kappa shape index (κ1) is 18.4. The molecular formula is C20H25ClN2OS. The number of aromatic nitrogens is 1. The third-order valence-corrected chi connectivity index (χ3v) is 6.07. The van der Waals surface area contributed by atoms with Gasteiger partial charge in [0.15, 0.2) is 0 Å². The molecule has 0 spiro atoms. The minimum absolute atomic E-state index is 0.187. The lowest BCUT2D eigenvalue weighted by atomic mass is 10.1. The number of carbonyl (C=O) groups is 1. The highest BCUT2D eigenvalue weighted by Crippen LogP contribution is 2.22. The number of hydrogen-bond acceptors (Lipinski definition) is 3. The molecule has 3 rings (SSSR count). The fraction of sp³-hybridized carbons (Fsp3) is 0.500. The van der Waals surface area contributed by atoms with Gasteiger partial charge in [0, 0.05) is 29.9 Å². The van der Waals surface area contributed by atoms with Crippen LogP contribution in [0.1, 0.15) is 54.8 Å². The van der Waals surface area contributed by atoms with E-state index in [1.807, 2.05) is 35.5 Å². The van der Waals surface area contributed by atoms with Crippen molar-refractivity contribution in [3.05, 3.63) is 50.9 Å². The van der Waals surface area contributed by atoms with Crippen molar-refractivity contribution in [3.8, 4) is 0 Å². The Labute approximate surface area is 159 Å². The van der Waals surface area contributed by atoms with Gasteiger partial charge in [0.25, 0.3) is 0 Å². The SMILES string of the molecule is CN(C(=O)Cc1csc(Cc2cccc(Cl)c2)n1)C1CCCCCC1. The van der Waals surface area contributed by atoms with Gasteiger partial charge in [0.1, 0.15) is 0 Å². The van der Waals surface area contributed by atoms with Crippen LogP contribution in [0.25, 0.3) is 0 Å². The Hall–Kier alpha value is -1.39. The molecule has 1 fully saturated rings. The van der Waals surface area contributed by atoms with Crippen molar-refractivity contribution in [3.63, 3.8) is 0 Å². The summed E-state index contributed by atoms with van der Waals surface area (Å²) < 4.78 is 0. The lowest BCUT2D eigenvalue weighted by molar-refractivity contribution is -0.131. The third kappa shape index (κ3) is 5.29. The van der Waals surface area contributed by atoms with Crippen LogP contribution < -0.4 is 0 Å². The summed E-state index contributed by atoms with van der Waals surface area (Å²) in [7, 11) is 1.96. The summed E-state index contributed by atoms with van der Waals surface area (Å²) in [5, 5.41) is 3.79. The highest BCUT2D eigenvalue weighted by molar-refractivity contribution is 7.09. The molecule has 1 aliphatic rings. The van der Waals surface area contributed by atoms with E-state index in [1.165, 1.54) is 25.7 Å². The Balaban J connectivity index is 1.57. The van der Waals surface area contributed by atoms with Crippen molar-refractivity contribution < 1.29 is 4.79 Å². The topological polar surface area (TPSA) is 33.2 Å².